The Bertz CT molecular complexity index is 1360. The number of hydrogen-bond donors (Lipinski definition) is 2. The van der Waals surface area contributed by atoms with Crippen LogP contribution in [-0.2, 0) is 17.8 Å². The normalized spacial score (nSPS) is 17.0. The van der Waals surface area contributed by atoms with Gasteiger partial charge < -0.3 is 29.6 Å². The lowest BCUT2D eigenvalue weighted by atomic mass is 9.88. The molecule has 228 valence electrons. The molecule has 7 heteroatoms. The average Bonchev–Trinajstić information content (AvgIpc) is 2.97. The minimum Gasteiger partial charge on any atom is -0.491 e. The van der Waals surface area contributed by atoms with Crippen LogP contribution < -0.4 is 20.5 Å². The van der Waals surface area contributed by atoms with Gasteiger partial charge in [0.15, 0.2) is 0 Å². The Hall–Kier alpha value is -3.13. The van der Waals surface area contributed by atoms with Crippen molar-refractivity contribution in [3.05, 3.63) is 80.8 Å². The number of H-pyrrole nitrogens is 1. The van der Waals surface area contributed by atoms with Crippen LogP contribution in [0.25, 0.3) is 11.1 Å². The number of aryl methyl sites for hydroxylation is 2. The highest BCUT2D eigenvalue weighted by Gasteiger charge is 2.27. The minimum atomic E-state index is -0.00976. The number of aromatic nitrogens is 1. The molecule has 42 heavy (non-hydrogen) atoms. The van der Waals surface area contributed by atoms with E-state index in [4.69, 9.17) is 9.47 Å². The van der Waals surface area contributed by atoms with Gasteiger partial charge in [0.2, 0.25) is 0 Å². The topological polar surface area (TPSA) is 69.8 Å². The third kappa shape index (κ3) is 7.82. The van der Waals surface area contributed by atoms with Crippen LogP contribution >= 0.6 is 0 Å². The summed E-state index contributed by atoms with van der Waals surface area (Å²) in [4.78, 5) is 20.6. The Morgan fingerprint density at radius 3 is 2.21 bits per heavy atom. The van der Waals surface area contributed by atoms with Crippen LogP contribution in [0.1, 0.15) is 60.6 Å². The molecule has 0 spiro atoms. The Morgan fingerprint density at radius 2 is 1.60 bits per heavy atom. The first-order chi connectivity index (χ1) is 20.2. The van der Waals surface area contributed by atoms with Crippen LogP contribution in [0.4, 0.5) is 5.69 Å². The molecular weight excluding hydrogens is 524 g/mol. The van der Waals surface area contributed by atoms with E-state index < -0.39 is 0 Å². The van der Waals surface area contributed by atoms with Gasteiger partial charge in [-0.25, -0.2) is 0 Å². The van der Waals surface area contributed by atoms with Crippen LogP contribution in [-0.4, -0.2) is 62.9 Å². The monoisotopic (exact) mass is 574 g/mol. The Kier molecular flexibility index (Phi) is 11.2. The van der Waals surface area contributed by atoms with E-state index in [2.05, 4.69) is 72.3 Å². The van der Waals surface area contributed by atoms with Crippen molar-refractivity contribution in [3.8, 4) is 16.9 Å². The first-order valence-corrected chi connectivity index (χ1v) is 15.4. The van der Waals surface area contributed by atoms with E-state index in [-0.39, 0.29) is 5.56 Å². The van der Waals surface area contributed by atoms with Gasteiger partial charge in [-0.2, -0.15) is 0 Å². The number of nitrogens with one attached hydrogen (secondary N) is 2. The third-order valence-electron chi connectivity index (χ3n) is 8.83. The summed E-state index contributed by atoms with van der Waals surface area (Å²) in [7, 11) is 6.09. The van der Waals surface area contributed by atoms with Gasteiger partial charge in [0.1, 0.15) is 12.4 Å². The summed E-state index contributed by atoms with van der Waals surface area (Å²) in [6, 6.07) is 16.3. The Balaban J connectivity index is 1.63. The van der Waals surface area contributed by atoms with Crippen LogP contribution in [0, 0.1) is 20.8 Å². The molecule has 4 rings (SSSR count). The predicted octanol–water partition coefficient (Wildman–Crippen LogP) is 5.98. The Labute approximate surface area is 252 Å². The summed E-state index contributed by atoms with van der Waals surface area (Å²) < 4.78 is 10.9. The van der Waals surface area contributed by atoms with Gasteiger partial charge in [0.25, 0.3) is 5.56 Å². The van der Waals surface area contributed by atoms with Crippen LogP contribution in [0.15, 0.2) is 47.3 Å². The standard InChI is InChI=1S/C35H50N4O3/c1-8-39(31-13-11-30(12-14-31)38(5)6)34-21-28(27-9-15-32(16-10-27)42-18-17-41-7)20-29(26(34)4)22-36-23-33-24(2)19-25(3)37-35(33)40/h9-10,15-16,19-21,30-31,36H,8,11-14,17-18,22-23H2,1-7H3,(H,37,40)/t30-,31-. The van der Waals surface area contributed by atoms with Gasteiger partial charge in [0, 0.05) is 55.8 Å². The molecule has 3 aromatic rings. The number of nitrogens with zero attached hydrogens (tertiary/aromatic N) is 2. The molecule has 0 amide bonds. The number of hydrogen-bond acceptors (Lipinski definition) is 6. The third-order valence-corrected chi connectivity index (χ3v) is 8.83. The summed E-state index contributed by atoms with van der Waals surface area (Å²) in [6.45, 7) is 11.7. The van der Waals surface area contributed by atoms with Crippen molar-refractivity contribution in [1.82, 2.24) is 15.2 Å². The summed E-state index contributed by atoms with van der Waals surface area (Å²) in [6.07, 6.45) is 4.88. The zero-order chi connectivity index (χ0) is 30.2. The molecule has 0 radical (unpaired) electrons. The van der Waals surface area contributed by atoms with Gasteiger partial charge in [0.05, 0.1) is 6.61 Å². The van der Waals surface area contributed by atoms with Crippen LogP contribution in [0.3, 0.4) is 0 Å². The molecule has 2 N–H and O–H groups in total. The first-order valence-electron chi connectivity index (χ1n) is 15.4. The van der Waals surface area contributed by atoms with Gasteiger partial charge in [-0.05, 0) is 126 Å². The van der Waals surface area contributed by atoms with Crippen molar-refractivity contribution in [2.45, 2.75) is 78.6 Å². The Morgan fingerprint density at radius 1 is 0.905 bits per heavy atom. The molecule has 0 unspecified atom stereocenters. The van der Waals surface area contributed by atoms with Crippen molar-refractivity contribution < 1.29 is 9.47 Å². The van der Waals surface area contributed by atoms with Gasteiger partial charge in [-0.3, -0.25) is 4.79 Å². The highest BCUT2D eigenvalue weighted by atomic mass is 16.5. The van der Waals surface area contributed by atoms with Crippen molar-refractivity contribution in [3.63, 3.8) is 0 Å². The summed E-state index contributed by atoms with van der Waals surface area (Å²) in [5.74, 6) is 0.844. The average molecular weight is 575 g/mol. The van der Waals surface area contributed by atoms with E-state index in [1.54, 1.807) is 7.11 Å². The number of pyridine rings is 1. The van der Waals surface area contributed by atoms with Gasteiger partial charge in [-0.15, -0.1) is 0 Å². The largest absolute Gasteiger partial charge is 0.491 e. The highest BCUT2D eigenvalue weighted by Crippen LogP contribution is 2.36. The maximum atomic E-state index is 12.6. The lowest BCUT2D eigenvalue weighted by Gasteiger charge is -2.40. The molecule has 1 aliphatic rings. The molecule has 1 heterocycles. The molecule has 1 fully saturated rings. The molecule has 0 bridgehead atoms. The molecule has 0 aliphatic heterocycles. The van der Waals surface area contributed by atoms with E-state index >= 15 is 0 Å². The van der Waals surface area contributed by atoms with Crippen LogP contribution in [0.2, 0.25) is 0 Å². The number of aromatic amines is 1. The summed E-state index contributed by atoms with van der Waals surface area (Å²) >= 11 is 0. The van der Waals surface area contributed by atoms with E-state index in [9.17, 15) is 4.79 Å². The molecule has 0 saturated heterocycles. The fourth-order valence-electron chi connectivity index (χ4n) is 6.33. The smallest absolute Gasteiger partial charge is 0.252 e. The van der Waals surface area contributed by atoms with E-state index in [1.165, 1.54) is 48.1 Å². The second-order valence-corrected chi connectivity index (χ2v) is 11.9. The number of benzene rings is 2. The van der Waals surface area contributed by atoms with Crippen molar-refractivity contribution in [2.24, 2.45) is 0 Å². The maximum absolute atomic E-state index is 12.6. The molecule has 1 aliphatic carbocycles. The summed E-state index contributed by atoms with van der Waals surface area (Å²) in [5, 5.41) is 3.58. The van der Waals surface area contributed by atoms with E-state index in [1.807, 2.05) is 32.0 Å². The lowest BCUT2D eigenvalue weighted by Crippen LogP contribution is -2.42. The van der Waals surface area contributed by atoms with Crippen molar-refractivity contribution >= 4 is 5.69 Å². The fourth-order valence-corrected chi connectivity index (χ4v) is 6.33. The summed E-state index contributed by atoms with van der Waals surface area (Å²) in [5.41, 5.74) is 8.93. The molecule has 0 atom stereocenters. The fraction of sp³-hybridized carbons (Fsp3) is 0.514. The first kappa shape index (κ1) is 31.8. The number of ether oxygens (including phenoxy) is 2. The highest BCUT2D eigenvalue weighted by molar-refractivity contribution is 5.73. The number of rotatable bonds is 13. The number of methoxy groups -OCH3 is 1. The number of anilines is 1. The molecule has 1 aromatic heterocycles. The van der Waals surface area contributed by atoms with E-state index in [0.29, 0.717) is 38.4 Å². The lowest BCUT2D eigenvalue weighted by molar-refractivity contribution is 0.146. The van der Waals surface area contributed by atoms with Crippen LogP contribution in [0.5, 0.6) is 5.75 Å². The second-order valence-electron chi connectivity index (χ2n) is 11.9. The second kappa shape index (κ2) is 14.9. The SMILES string of the molecule is CCN(c1cc(-c2ccc(OCCOC)cc2)cc(CNCc2c(C)cc(C)[nH]c2=O)c1C)[C@H]1CC[C@H](N(C)C)CC1. The van der Waals surface area contributed by atoms with Gasteiger partial charge >= 0.3 is 0 Å². The molecular formula is C35H50N4O3. The maximum Gasteiger partial charge on any atom is 0.252 e. The van der Waals surface area contributed by atoms with E-state index in [0.717, 1.165) is 34.7 Å². The minimum absolute atomic E-state index is 0.00976. The van der Waals surface area contributed by atoms with Crippen molar-refractivity contribution in [1.29, 1.82) is 0 Å². The zero-order valence-corrected chi connectivity index (χ0v) is 26.7. The molecule has 2 aromatic carbocycles. The van der Waals surface area contributed by atoms with Gasteiger partial charge in [-0.1, -0.05) is 12.1 Å². The quantitative estimate of drug-likeness (QED) is 0.245. The molecule has 7 nitrogen and oxygen atoms in total. The van der Waals surface area contributed by atoms with Crippen molar-refractivity contribution in [2.75, 3.05) is 45.9 Å². The zero-order valence-electron chi connectivity index (χ0n) is 26.7. The predicted molar refractivity (Wildman–Crippen MR) is 174 cm³/mol. The molecule has 1 saturated carbocycles.